The van der Waals surface area contributed by atoms with Crippen LogP contribution in [0.4, 0.5) is 0 Å². The van der Waals surface area contributed by atoms with Crippen molar-refractivity contribution in [3.63, 3.8) is 0 Å². The Morgan fingerprint density at radius 2 is 0.885 bits per heavy atom. The molecule has 0 unspecified atom stereocenters. The molecule has 4 nitrogen and oxygen atoms in total. The second kappa shape index (κ2) is 8.06. The zero-order chi connectivity index (χ0) is 21.2. The molecule has 4 heteroatoms. The Balaban J connectivity index is 4.85. The van der Waals surface area contributed by atoms with Gasteiger partial charge in [0.05, 0.1) is 0 Å². The maximum Gasteiger partial charge on any atom is 0.0147 e. The highest BCUT2D eigenvalue weighted by Gasteiger charge is 2.36. The molecule has 0 radical (unpaired) electrons. The van der Waals surface area contributed by atoms with Gasteiger partial charge in [0.2, 0.25) is 0 Å². The normalized spacial score (nSPS) is 15.5. The van der Waals surface area contributed by atoms with Crippen LogP contribution in [-0.2, 0) is 0 Å². The van der Waals surface area contributed by atoms with Crippen molar-refractivity contribution < 1.29 is 0 Å². The Morgan fingerprint density at radius 3 is 1.27 bits per heavy atom. The van der Waals surface area contributed by atoms with Crippen molar-refractivity contribution in [2.24, 2.45) is 16.9 Å². The zero-order valence-corrected chi connectivity index (χ0v) is 20.0. The molecule has 6 N–H and O–H groups in total. The summed E-state index contributed by atoms with van der Waals surface area (Å²) in [6.45, 7) is 27.6. The molecule has 0 aromatic rings. The van der Waals surface area contributed by atoms with E-state index in [2.05, 4.69) is 93.7 Å². The van der Waals surface area contributed by atoms with Crippen molar-refractivity contribution in [1.82, 2.24) is 10.6 Å². The molecule has 0 aromatic carbocycles. The minimum absolute atomic E-state index is 0.00585. The van der Waals surface area contributed by atoms with Gasteiger partial charge in [-0.15, -0.1) is 0 Å². The molecule has 0 saturated carbocycles. The Kier molecular flexibility index (Phi) is 8.01. The quantitative estimate of drug-likeness (QED) is 0.440. The van der Waals surface area contributed by atoms with Crippen LogP contribution < -0.4 is 22.1 Å². The molecule has 0 aromatic heterocycles. The lowest BCUT2D eigenvalue weighted by atomic mass is 9.77. The third-order valence-electron chi connectivity index (χ3n) is 4.44. The van der Waals surface area contributed by atoms with Crippen molar-refractivity contribution in [3.05, 3.63) is 0 Å². The molecule has 0 aliphatic heterocycles. The summed E-state index contributed by atoms with van der Waals surface area (Å²) in [7, 11) is 0. The van der Waals surface area contributed by atoms with E-state index in [-0.39, 0.29) is 33.1 Å². The van der Waals surface area contributed by atoms with Crippen LogP contribution >= 0.6 is 0 Å². The molecule has 26 heavy (non-hydrogen) atoms. The first-order valence-electron chi connectivity index (χ1n) is 10.2. The molecule has 0 amide bonds. The van der Waals surface area contributed by atoms with Crippen molar-refractivity contribution >= 4 is 0 Å². The van der Waals surface area contributed by atoms with E-state index in [9.17, 15) is 0 Å². The van der Waals surface area contributed by atoms with E-state index in [1.54, 1.807) is 0 Å². The fourth-order valence-electron chi connectivity index (χ4n) is 5.08. The molecule has 0 heterocycles. The van der Waals surface area contributed by atoms with Crippen molar-refractivity contribution in [1.29, 1.82) is 0 Å². The lowest BCUT2D eigenvalue weighted by Gasteiger charge is -2.44. The highest BCUT2D eigenvalue weighted by molar-refractivity contribution is 4.97. The summed E-state index contributed by atoms with van der Waals surface area (Å²) >= 11 is 0. The third kappa shape index (κ3) is 13.1. The smallest absolute Gasteiger partial charge is 0.0147 e. The second-order valence-corrected chi connectivity index (χ2v) is 12.8. The lowest BCUT2D eigenvalue weighted by molar-refractivity contribution is 0.147. The molecule has 0 atom stereocenters. The second-order valence-electron chi connectivity index (χ2n) is 12.8. The fourth-order valence-corrected chi connectivity index (χ4v) is 5.08. The topological polar surface area (TPSA) is 76.1 Å². The Hall–Kier alpha value is -0.160. The largest absolute Gasteiger partial charge is 0.325 e. The molecule has 0 fully saturated rings. The SMILES string of the molecule is CC(C)(N)CC(C)(C)NCC(C)(C)CC(C)(C)NC(C)(C)CC(C)(C)N. The van der Waals surface area contributed by atoms with Crippen LogP contribution in [0.15, 0.2) is 0 Å². The molecular formula is C22H50N4. The van der Waals surface area contributed by atoms with E-state index in [4.69, 9.17) is 11.5 Å². The van der Waals surface area contributed by atoms with Gasteiger partial charge in [-0.3, -0.25) is 0 Å². The first-order chi connectivity index (χ1) is 11.0. The van der Waals surface area contributed by atoms with Gasteiger partial charge in [-0.25, -0.2) is 0 Å². The van der Waals surface area contributed by atoms with Gasteiger partial charge in [-0.2, -0.15) is 0 Å². The summed E-state index contributed by atoms with van der Waals surface area (Å²) < 4.78 is 0. The summed E-state index contributed by atoms with van der Waals surface area (Å²) in [5.41, 5.74) is 12.3. The number of hydrogen-bond donors (Lipinski definition) is 4. The average molecular weight is 371 g/mol. The number of nitrogens with one attached hydrogen (secondary N) is 2. The summed E-state index contributed by atoms with van der Waals surface area (Å²) in [4.78, 5) is 0. The minimum atomic E-state index is -0.178. The van der Waals surface area contributed by atoms with Crippen molar-refractivity contribution in [3.8, 4) is 0 Å². The van der Waals surface area contributed by atoms with Gasteiger partial charge in [0.15, 0.2) is 0 Å². The van der Waals surface area contributed by atoms with E-state index in [1.807, 2.05) is 0 Å². The molecule has 0 aliphatic rings. The standard InChI is InChI=1S/C22H50N4/c1-17(2,16-25-20(7,8)14-18(3,4)23)13-21(9,10)26-22(11,12)15-19(5,6)24/h25-26H,13-16,23-24H2,1-12H3. The summed E-state index contributed by atoms with van der Waals surface area (Å²) in [5, 5.41) is 7.60. The van der Waals surface area contributed by atoms with Crippen LogP contribution in [0.25, 0.3) is 0 Å². The lowest BCUT2D eigenvalue weighted by Crippen LogP contribution is -2.58. The van der Waals surface area contributed by atoms with Crippen LogP contribution in [0.3, 0.4) is 0 Å². The third-order valence-corrected chi connectivity index (χ3v) is 4.44. The highest BCUT2D eigenvalue weighted by Crippen LogP contribution is 2.31. The van der Waals surface area contributed by atoms with Gasteiger partial charge in [-0.1, -0.05) is 13.8 Å². The highest BCUT2D eigenvalue weighted by atomic mass is 15.0. The summed E-state index contributed by atoms with van der Waals surface area (Å²) in [6.07, 6.45) is 2.95. The first-order valence-corrected chi connectivity index (χ1v) is 10.2. The van der Waals surface area contributed by atoms with Gasteiger partial charge < -0.3 is 22.1 Å². The fraction of sp³-hybridized carbons (Fsp3) is 1.00. The summed E-state index contributed by atoms with van der Waals surface area (Å²) in [5.74, 6) is 0. The van der Waals surface area contributed by atoms with Crippen LogP contribution in [0.2, 0.25) is 0 Å². The predicted octanol–water partition coefficient (Wildman–Crippen LogP) is 4.17. The van der Waals surface area contributed by atoms with E-state index >= 15 is 0 Å². The number of nitrogens with two attached hydrogens (primary N) is 2. The van der Waals surface area contributed by atoms with Gasteiger partial charge in [0.1, 0.15) is 0 Å². The number of rotatable bonds is 11. The minimum Gasteiger partial charge on any atom is -0.325 e. The van der Waals surface area contributed by atoms with Gasteiger partial charge >= 0.3 is 0 Å². The van der Waals surface area contributed by atoms with Gasteiger partial charge in [0, 0.05) is 34.2 Å². The van der Waals surface area contributed by atoms with E-state index < -0.39 is 0 Å². The molecule has 0 saturated heterocycles. The van der Waals surface area contributed by atoms with Crippen LogP contribution in [-0.4, -0.2) is 34.2 Å². The predicted molar refractivity (Wildman–Crippen MR) is 118 cm³/mol. The number of hydrogen-bond acceptors (Lipinski definition) is 4. The van der Waals surface area contributed by atoms with Crippen LogP contribution in [0.1, 0.15) is 102 Å². The van der Waals surface area contributed by atoms with Crippen LogP contribution in [0, 0.1) is 5.41 Å². The molecule has 0 bridgehead atoms. The van der Waals surface area contributed by atoms with Gasteiger partial charge in [0.25, 0.3) is 0 Å². The first kappa shape index (κ1) is 25.8. The van der Waals surface area contributed by atoms with Crippen molar-refractivity contribution in [2.75, 3.05) is 6.54 Å². The van der Waals surface area contributed by atoms with Crippen LogP contribution in [0.5, 0.6) is 0 Å². The molecule has 0 spiro atoms. The summed E-state index contributed by atoms with van der Waals surface area (Å²) in [6, 6.07) is 0. The zero-order valence-electron chi connectivity index (χ0n) is 20.0. The molecule has 158 valence electrons. The average Bonchev–Trinajstić information content (AvgIpc) is 2.15. The van der Waals surface area contributed by atoms with E-state index in [1.165, 1.54) is 0 Å². The molecule has 0 rings (SSSR count). The Morgan fingerprint density at radius 1 is 0.538 bits per heavy atom. The Labute approximate surface area is 164 Å². The van der Waals surface area contributed by atoms with E-state index in [0.717, 1.165) is 25.8 Å². The molecular weight excluding hydrogens is 320 g/mol. The molecule has 0 aliphatic carbocycles. The maximum atomic E-state index is 6.25. The van der Waals surface area contributed by atoms with Gasteiger partial charge in [-0.05, 0) is 93.9 Å². The maximum absolute atomic E-state index is 6.25. The monoisotopic (exact) mass is 370 g/mol. The van der Waals surface area contributed by atoms with E-state index in [0.29, 0.717) is 0 Å². The van der Waals surface area contributed by atoms with Crippen molar-refractivity contribution in [2.45, 2.75) is 130 Å². The Bertz CT molecular complexity index is 434.